The molecule has 0 aliphatic heterocycles. The highest BCUT2D eigenvalue weighted by atomic mass is 16.6. The van der Waals surface area contributed by atoms with Gasteiger partial charge in [0.15, 0.2) is 0 Å². The minimum Gasteiger partial charge on any atom is -0.491 e. The maximum absolute atomic E-state index is 12.3. The summed E-state index contributed by atoms with van der Waals surface area (Å²) in [4.78, 5) is 22.7. The molecule has 0 heterocycles. The summed E-state index contributed by atoms with van der Waals surface area (Å²) in [6, 6.07) is 12.6. The van der Waals surface area contributed by atoms with Crippen LogP contribution in [0.3, 0.4) is 0 Å². The maximum atomic E-state index is 12.3. The topological polar surface area (TPSA) is 90.7 Å². The summed E-state index contributed by atoms with van der Waals surface area (Å²) < 4.78 is 10.7. The van der Waals surface area contributed by atoms with Crippen LogP contribution in [0.25, 0.3) is 0 Å². The van der Waals surface area contributed by atoms with Crippen LogP contribution in [0.2, 0.25) is 0 Å². The maximum Gasteiger partial charge on any atom is 0.282 e. The van der Waals surface area contributed by atoms with Crippen LogP contribution < -0.4 is 10.1 Å². The quantitative estimate of drug-likeness (QED) is 0.456. The molecule has 1 N–H and O–H groups in total. The number of ether oxygens (including phenoxy) is 2. The summed E-state index contributed by atoms with van der Waals surface area (Å²) in [7, 11) is 0. The summed E-state index contributed by atoms with van der Waals surface area (Å²) in [6.07, 6.45) is 0. The van der Waals surface area contributed by atoms with E-state index in [2.05, 4.69) is 5.32 Å². The normalized spacial score (nSPS) is 10.2. The van der Waals surface area contributed by atoms with Gasteiger partial charge in [0.2, 0.25) is 0 Å². The fraction of sp³-hybridized carbons (Fsp3) is 0.235. The lowest BCUT2D eigenvalue weighted by atomic mass is 10.1. The first-order chi connectivity index (χ1) is 11.6. The first-order valence-corrected chi connectivity index (χ1v) is 7.47. The van der Waals surface area contributed by atoms with Crippen molar-refractivity contribution in [3.8, 4) is 5.75 Å². The van der Waals surface area contributed by atoms with E-state index in [0.29, 0.717) is 31.3 Å². The van der Waals surface area contributed by atoms with Gasteiger partial charge >= 0.3 is 0 Å². The molecule has 0 saturated heterocycles. The number of benzene rings is 2. The number of nitro benzene ring substituents is 1. The number of anilines is 1. The number of hydrogen-bond acceptors (Lipinski definition) is 5. The van der Waals surface area contributed by atoms with Crippen LogP contribution in [-0.2, 0) is 4.74 Å². The summed E-state index contributed by atoms with van der Waals surface area (Å²) in [5.41, 5.74) is 0.261. The third-order valence-electron chi connectivity index (χ3n) is 3.14. The Morgan fingerprint density at radius 3 is 2.71 bits per heavy atom. The average Bonchev–Trinajstić information content (AvgIpc) is 2.59. The van der Waals surface area contributed by atoms with Crippen molar-refractivity contribution in [1.82, 2.24) is 0 Å². The SMILES string of the molecule is CCOCCOc1cccc(NC(=O)c2ccccc2[N+](=O)[O-])c1. The highest BCUT2D eigenvalue weighted by Gasteiger charge is 2.19. The fourth-order valence-corrected chi connectivity index (χ4v) is 2.05. The van der Waals surface area contributed by atoms with Crippen molar-refractivity contribution in [2.24, 2.45) is 0 Å². The van der Waals surface area contributed by atoms with E-state index in [0.717, 1.165) is 0 Å². The van der Waals surface area contributed by atoms with Crippen molar-refractivity contribution in [2.45, 2.75) is 6.92 Å². The van der Waals surface area contributed by atoms with E-state index in [1.165, 1.54) is 18.2 Å². The minimum absolute atomic E-state index is 0.00478. The molecule has 0 saturated carbocycles. The summed E-state index contributed by atoms with van der Waals surface area (Å²) in [5.74, 6) is 0.0313. The van der Waals surface area contributed by atoms with Gasteiger partial charge in [-0.1, -0.05) is 18.2 Å². The highest BCUT2D eigenvalue weighted by Crippen LogP contribution is 2.21. The van der Waals surface area contributed by atoms with Crippen LogP contribution in [-0.4, -0.2) is 30.7 Å². The first-order valence-electron chi connectivity index (χ1n) is 7.47. The van der Waals surface area contributed by atoms with E-state index >= 15 is 0 Å². The molecule has 7 nitrogen and oxygen atoms in total. The molecule has 0 atom stereocenters. The molecular weight excluding hydrogens is 312 g/mol. The van der Waals surface area contributed by atoms with Gasteiger partial charge in [0.25, 0.3) is 11.6 Å². The molecular formula is C17H18N2O5. The van der Waals surface area contributed by atoms with Crippen molar-refractivity contribution in [3.63, 3.8) is 0 Å². The molecule has 0 aliphatic rings. The van der Waals surface area contributed by atoms with Gasteiger partial charge in [-0.3, -0.25) is 14.9 Å². The van der Waals surface area contributed by atoms with Gasteiger partial charge in [0.05, 0.1) is 11.5 Å². The Morgan fingerprint density at radius 2 is 1.96 bits per heavy atom. The van der Waals surface area contributed by atoms with E-state index in [9.17, 15) is 14.9 Å². The molecule has 0 aromatic heterocycles. The number of para-hydroxylation sites is 1. The zero-order chi connectivity index (χ0) is 17.4. The molecule has 2 aromatic rings. The molecule has 0 bridgehead atoms. The monoisotopic (exact) mass is 330 g/mol. The predicted molar refractivity (Wildman–Crippen MR) is 89.5 cm³/mol. The number of amides is 1. The lowest BCUT2D eigenvalue weighted by Crippen LogP contribution is -2.14. The number of nitrogens with one attached hydrogen (secondary N) is 1. The van der Waals surface area contributed by atoms with E-state index in [1.807, 2.05) is 6.92 Å². The second kappa shape index (κ2) is 8.64. The minimum atomic E-state index is -0.581. The van der Waals surface area contributed by atoms with Crippen LogP contribution in [0.4, 0.5) is 11.4 Å². The molecule has 7 heteroatoms. The average molecular weight is 330 g/mol. The Morgan fingerprint density at radius 1 is 1.17 bits per heavy atom. The third-order valence-corrected chi connectivity index (χ3v) is 3.14. The molecule has 0 radical (unpaired) electrons. The van der Waals surface area contributed by atoms with Crippen LogP contribution in [0.1, 0.15) is 17.3 Å². The van der Waals surface area contributed by atoms with Gasteiger partial charge in [-0.2, -0.15) is 0 Å². The first kappa shape index (κ1) is 17.4. The van der Waals surface area contributed by atoms with Crippen LogP contribution in [0.15, 0.2) is 48.5 Å². The van der Waals surface area contributed by atoms with Crippen molar-refractivity contribution >= 4 is 17.3 Å². The lowest BCUT2D eigenvalue weighted by molar-refractivity contribution is -0.385. The van der Waals surface area contributed by atoms with Crippen LogP contribution in [0.5, 0.6) is 5.75 Å². The Balaban J connectivity index is 2.06. The van der Waals surface area contributed by atoms with Gasteiger partial charge in [-0.15, -0.1) is 0 Å². The summed E-state index contributed by atoms with van der Waals surface area (Å²) in [6.45, 7) is 3.40. The standard InChI is InChI=1S/C17H18N2O5/c1-2-23-10-11-24-14-7-5-6-13(12-14)18-17(20)15-8-3-4-9-16(15)19(21)22/h3-9,12H,2,10-11H2,1H3,(H,18,20). The van der Waals surface area contributed by atoms with Gasteiger partial charge in [-0.05, 0) is 25.1 Å². The zero-order valence-corrected chi connectivity index (χ0v) is 13.2. The molecule has 2 aromatic carbocycles. The Labute approximate surface area is 139 Å². The predicted octanol–water partition coefficient (Wildman–Crippen LogP) is 3.26. The number of carbonyl (C=O) groups is 1. The molecule has 0 unspecified atom stereocenters. The number of carbonyl (C=O) groups excluding carboxylic acids is 1. The Bertz CT molecular complexity index is 718. The van der Waals surface area contributed by atoms with E-state index in [4.69, 9.17) is 9.47 Å². The van der Waals surface area contributed by atoms with Crippen molar-refractivity contribution in [3.05, 3.63) is 64.2 Å². The lowest BCUT2D eigenvalue weighted by Gasteiger charge is -2.09. The molecule has 0 spiro atoms. The van der Waals surface area contributed by atoms with Crippen LogP contribution >= 0.6 is 0 Å². The number of nitro groups is 1. The third kappa shape index (κ3) is 4.79. The molecule has 126 valence electrons. The van der Waals surface area contributed by atoms with Gasteiger partial charge in [-0.25, -0.2) is 0 Å². The molecule has 2 rings (SSSR count). The van der Waals surface area contributed by atoms with Gasteiger partial charge in [0.1, 0.15) is 17.9 Å². The Hall–Kier alpha value is -2.93. The second-order valence-corrected chi connectivity index (χ2v) is 4.80. The molecule has 0 aliphatic carbocycles. The second-order valence-electron chi connectivity index (χ2n) is 4.80. The van der Waals surface area contributed by atoms with Gasteiger partial charge < -0.3 is 14.8 Å². The van der Waals surface area contributed by atoms with Crippen molar-refractivity contribution in [2.75, 3.05) is 25.1 Å². The van der Waals surface area contributed by atoms with Crippen molar-refractivity contribution < 1.29 is 19.2 Å². The molecule has 0 fully saturated rings. The van der Waals surface area contributed by atoms with Crippen molar-refractivity contribution in [1.29, 1.82) is 0 Å². The van der Waals surface area contributed by atoms with E-state index in [1.54, 1.807) is 30.3 Å². The highest BCUT2D eigenvalue weighted by molar-refractivity contribution is 6.07. The number of hydrogen-bond donors (Lipinski definition) is 1. The van der Waals surface area contributed by atoms with Crippen LogP contribution in [0, 0.1) is 10.1 Å². The summed E-state index contributed by atoms with van der Waals surface area (Å²) in [5, 5.41) is 13.6. The smallest absolute Gasteiger partial charge is 0.282 e. The van der Waals surface area contributed by atoms with E-state index < -0.39 is 10.8 Å². The zero-order valence-electron chi connectivity index (χ0n) is 13.2. The molecule has 1 amide bonds. The van der Waals surface area contributed by atoms with E-state index in [-0.39, 0.29) is 11.3 Å². The summed E-state index contributed by atoms with van der Waals surface area (Å²) >= 11 is 0. The van der Waals surface area contributed by atoms with Gasteiger partial charge in [0, 0.05) is 24.4 Å². The molecule has 24 heavy (non-hydrogen) atoms. The Kier molecular flexibility index (Phi) is 6.27. The fourth-order valence-electron chi connectivity index (χ4n) is 2.05. The number of nitrogens with zero attached hydrogens (tertiary/aromatic N) is 1. The number of rotatable bonds is 8. The largest absolute Gasteiger partial charge is 0.491 e.